The van der Waals surface area contributed by atoms with E-state index in [1.807, 2.05) is 12.1 Å². The molecule has 1 amide bonds. The molecule has 0 saturated carbocycles. The summed E-state index contributed by atoms with van der Waals surface area (Å²) in [6.45, 7) is 2.99. The highest BCUT2D eigenvalue weighted by molar-refractivity contribution is 5.76. The Kier molecular flexibility index (Phi) is 6.02. The van der Waals surface area contributed by atoms with E-state index in [1.165, 1.54) is 11.1 Å². The number of benzene rings is 2. The predicted molar refractivity (Wildman–Crippen MR) is 97.6 cm³/mol. The fourth-order valence-corrected chi connectivity index (χ4v) is 3.33. The monoisotopic (exact) mass is 322 g/mol. The van der Waals surface area contributed by atoms with Gasteiger partial charge in [-0.2, -0.15) is 0 Å². The largest absolute Gasteiger partial charge is 0.352 e. The van der Waals surface area contributed by atoms with Gasteiger partial charge in [-0.3, -0.25) is 9.69 Å². The smallest absolute Gasteiger partial charge is 0.220 e. The van der Waals surface area contributed by atoms with Gasteiger partial charge in [0.05, 0.1) is 0 Å². The first-order valence-corrected chi connectivity index (χ1v) is 8.89. The zero-order chi connectivity index (χ0) is 16.6. The predicted octanol–water partition coefficient (Wildman–Crippen LogP) is 3.40. The SMILES string of the molecule is O=C(CCCc1ccccc1)N[C@@H]1CCN(Cc2ccccc2)C1. The standard InChI is InChI=1S/C21H26N2O/c24-21(13-7-12-18-8-3-1-4-9-18)22-20-14-15-23(17-20)16-19-10-5-2-6-11-19/h1-6,8-11,20H,7,12-17H2,(H,22,24)/t20-/m1/s1. The highest BCUT2D eigenvalue weighted by Gasteiger charge is 2.23. The molecule has 1 aliphatic heterocycles. The fraction of sp³-hybridized carbons (Fsp3) is 0.381. The molecule has 1 fully saturated rings. The Morgan fingerprint density at radius 1 is 1.00 bits per heavy atom. The Labute approximate surface area is 144 Å². The maximum absolute atomic E-state index is 12.1. The molecule has 0 aromatic heterocycles. The maximum atomic E-state index is 12.1. The Morgan fingerprint density at radius 3 is 2.38 bits per heavy atom. The van der Waals surface area contributed by atoms with Gasteiger partial charge in [-0.25, -0.2) is 0 Å². The van der Waals surface area contributed by atoms with Gasteiger partial charge in [0.25, 0.3) is 0 Å². The lowest BCUT2D eigenvalue weighted by molar-refractivity contribution is -0.121. The van der Waals surface area contributed by atoms with Crippen LogP contribution in [0.4, 0.5) is 0 Å². The first kappa shape index (κ1) is 16.7. The van der Waals surface area contributed by atoms with E-state index < -0.39 is 0 Å². The number of nitrogens with zero attached hydrogens (tertiary/aromatic N) is 1. The average Bonchev–Trinajstić information content (AvgIpc) is 3.03. The molecule has 1 heterocycles. The van der Waals surface area contributed by atoms with E-state index in [0.717, 1.165) is 38.9 Å². The van der Waals surface area contributed by atoms with Gasteiger partial charge in [0.1, 0.15) is 0 Å². The number of carbonyl (C=O) groups is 1. The van der Waals surface area contributed by atoms with Gasteiger partial charge in [-0.05, 0) is 30.4 Å². The first-order valence-electron chi connectivity index (χ1n) is 8.89. The normalized spacial score (nSPS) is 17.8. The molecule has 3 rings (SSSR count). The van der Waals surface area contributed by atoms with Gasteiger partial charge in [0.2, 0.25) is 5.91 Å². The summed E-state index contributed by atoms with van der Waals surface area (Å²) in [5.41, 5.74) is 2.65. The highest BCUT2D eigenvalue weighted by Crippen LogP contribution is 2.14. The third-order valence-electron chi connectivity index (χ3n) is 4.60. The van der Waals surface area contributed by atoms with Gasteiger partial charge < -0.3 is 5.32 Å². The van der Waals surface area contributed by atoms with E-state index in [2.05, 4.69) is 58.7 Å². The lowest BCUT2D eigenvalue weighted by Crippen LogP contribution is -2.36. The molecule has 0 aliphatic carbocycles. The molecule has 24 heavy (non-hydrogen) atoms. The Hall–Kier alpha value is -2.13. The number of hydrogen-bond acceptors (Lipinski definition) is 2. The summed E-state index contributed by atoms with van der Waals surface area (Å²) in [6, 6.07) is 21.2. The van der Waals surface area contributed by atoms with Crippen molar-refractivity contribution in [2.45, 2.75) is 38.3 Å². The molecule has 0 bridgehead atoms. The minimum atomic E-state index is 0.192. The third kappa shape index (κ3) is 5.20. The van der Waals surface area contributed by atoms with Crippen molar-refractivity contribution in [1.29, 1.82) is 0 Å². The maximum Gasteiger partial charge on any atom is 0.220 e. The van der Waals surface area contributed by atoms with E-state index in [-0.39, 0.29) is 5.91 Å². The molecule has 2 aromatic rings. The Morgan fingerprint density at radius 2 is 1.67 bits per heavy atom. The van der Waals surface area contributed by atoms with E-state index in [9.17, 15) is 4.79 Å². The van der Waals surface area contributed by atoms with Crippen LogP contribution in [0.1, 0.15) is 30.4 Å². The van der Waals surface area contributed by atoms with Crippen molar-refractivity contribution in [1.82, 2.24) is 10.2 Å². The molecule has 0 spiro atoms. The van der Waals surface area contributed by atoms with E-state index in [1.54, 1.807) is 0 Å². The van der Waals surface area contributed by atoms with Gasteiger partial charge in [0.15, 0.2) is 0 Å². The number of aryl methyl sites for hydroxylation is 1. The van der Waals surface area contributed by atoms with Crippen molar-refractivity contribution in [2.24, 2.45) is 0 Å². The summed E-state index contributed by atoms with van der Waals surface area (Å²) in [6.07, 6.45) is 3.55. The summed E-state index contributed by atoms with van der Waals surface area (Å²) in [5.74, 6) is 0.192. The molecule has 2 aromatic carbocycles. The Bertz CT molecular complexity index is 627. The average molecular weight is 322 g/mol. The number of rotatable bonds is 7. The van der Waals surface area contributed by atoms with E-state index >= 15 is 0 Å². The zero-order valence-electron chi connectivity index (χ0n) is 14.2. The van der Waals surface area contributed by atoms with Crippen molar-refractivity contribution in [3.8, 4) is 0 Å². The van der Waals surface area contributed by atoms with Crippen molar-refractivity contribution in [3.05, 3.63) is 71.8 Å². The summed E-state index contributed by atoms with van der Waals surface area (Å²) < 4.78 is 0. The molecule has 0 unspecified atom stereocenters. The van der Waals surface area contributed by atoms with Gasteiger partial charge >= 0.3 is 0 Å². The zero-order valence-corrected chi connectivity index (χ0v) is 14.2. The van der Waals surface area contributed by atoms with Crippen molar-refractivity contribution in [2.75, 3.05) is 13.1 Å². The number of carbonyl (C=O) groups excluding carboxylic acids is 1. The molecular formula is C21H26N2O. The second kappa shape index (κ2) is 8.65. The van der Waals surface area contributed by atoms with Crippen LogP contribution in [0.25, 0.3) is 0 Å². The molecule has 1 atom stereocenters. The van der Waals surface area contributed by atoms with Crippen LogP contribution >= 0.6 is 0 Å². The summed E-state index contributed by atoms with van der Waals surface area (Å²) >= 11 is 0. The van der Waals surface area contributed by atoms with E-state index in [4.69, 9.17) is 0 Å². The van der Waals surface area contributed by atoms with Crippen molar-refractivity contribution < 1.29 is 4.79 Å². The first-order chi connectivity index (χ1) is 11.8. The fourth-order valence-electron chi connectivity index (χ4n) is 3.33. The molecule has 126 valence electrons. The molecular weight excluding hydrogens is 296 g/mol. The van der Waals surface area contributed by atoms with Crippen LogP contribution in [-0.4, -0.2) is 29.9 Å². The summed E-state index contributed by atoms with van der Waals surface area (Å²) in [5, 5.41) is 3.20. The van der Waals surface area contributed by atoms with Gasteiger partial charge in [0, 0.05) is 32.1 Å². The van der Waals surface area contributed by atoms with Gasteiger partial charge in [-0.1, -0.05) is 60.7 Å². The second-order valence-electron chi connectivity index (χ2n) is 6.61. The van der Waals surface area contributed by atoms with Crippen LogP contribution in [-0.2, 0) is 17.8 Å². The van der Waals surface area contributed by atoms with Crippen LogP contribution < -0.4 is 5.32 Å². The Balaban J connectivity index is 1.35. The van der Waals surface area contributed by atoms with Crippen LogP contribution in [0.5, 0.6) is 0 Å². The molecule has 1 saturated heterocycles. The van der Waals surface area contributed by atoms with Crippen LogP contribution in [0.3, 0.4) is 0 Å². The molecule has 1 aliphatic rings. The number of hydrogen-bond donors (Lipinski definition) is 1. The lowest BCUT2D eigenvalue weighted by Gasteiger charge is -2.16. The molecule has 1 N–H and O–H groups in total. The second-order valence-corrected chi connectivity index (χ2v) is 6.61. The van der Waals surface area contributed by atoms with Crippen molar-refractivity contribution in [3.63, 3.8) is 0 Å². The number of amides is 1. The summed E-state index contributed by atoms with van der Waals surface area (Å²) in [4.78, 5) is 14.5. The van der Waals surface area contributed by atoms with Crippen LogP contribution in [0.2, 0.25) is 0 Å². The quantitative estimate of drug-likeness (QED) is 0.847. The van der Waals surface area contributed by atoms with Crippen molar-refractivity contribution >= 4 is 5.91 Å². The molecule has 0 radical (unpaired) electrons. The molecule has 3 nitrogen and oxygen atoms in total. The minimum Gasteiger partial charge on any atom is -0.352 e. The number of nitrogens with one attached hydrogen (secondary N) is 1. The van der Waals surface area contributed by atoms with Gasteiger partial charge in [-0.15, -0.1) is 0 Å². The topological polar surface area (TPSA) is 32.3 Å². The van der Waals surface area contributed by atoms with E-state index in [0.29, 0.717) is 12.5 Å². The lowest BCUT2D eigenvalue weighted by atomic mass is 10.1. The third-order valence-corrected chi connectivity index (χ3v) is 4.60. The highest BCUT2D eigenvalue weighted by atomic mass is 16.1. The molecule has 3 heteroatoms. The summed E-state index contributed by atoms with van der Waals surface area (Å²) in [7, 11) is 0. The van der Waals surface area contributed by atoms with Crippen LogP contribution in [0.15, 0.2) is 60.7 Å². The number of likely N-dealkylation sites (tertiary alicyclic amines) is 1. The minimum absolute atomic E-state index is 0.192. The van der Waals surface area contributed by atoms with Crippen LogP contribution in [0, 0.1) is 0 Å².